The lowest BCUT2D eigenvalue weighted by atomic mass is 10.1. The highest BCUT2D eigenvalue weighted by molar-refractivity contribution is 5.89. The van der Waals surface area contributed by atoms with E-state index in [1.807, 2.05) is 32.0 Å². The molecular formula is C10H14N2O2. The van der Waals surface area contributed by atoms with Gasteiger partial charge in [0.25, 0.3) is 0 Å². The van der Waals surface area contributed by atoms with Crippen LogP contribution >= 0.6 is 0 Å². The van der Waals surface area contributed by atoms with Crippen LogP contribution in [0.2, 0.25) is 0 Å². The number of anilines is 1. The van der Waals surface area contributed by atoms with E-state index in [1.165, 1.54) is 7.05 Å². The highest BCUT2D eigenvalue weighted by Crippen LogP contribution is 2.15. The van der Waals surface area contributed by atoms with Crippen LogP contribution in [-0.2, 0) is 0 Å². The third kappa shape index (κ3) is 2.47. The molecule has 1 rings (SSSR count). The molecule has 0 aliphatic rings. The maximum Gasteiger partial charge on any atom is 0.345 e. The Bertz CT molecular complexity index is 348. The molecule has 0 aliphatic carbocycles. The molecule has 2 N–H and O–H groups in total. The molecule has 2 amide bonds. The Hall–Kier alpha value is -1.55. The topological polar surface area (TPSA) is 52.6 Å². The van der Waals surface area contributed by atoms with Crippen LogP contribution in [0.25, 0.3) is 0 Å². The van der Waals surface area contributed by atoms with Gasteiger partial charge in [-0.25, -0.2) is 9.86 Å². The number of carbonyl (C=O) groups excluding carboxylic acids is 1. The lowest BCUT2D eigenvalue weighted by molar-refractivity contribution is -0.0118. The van der Waals surface area contributed by atoms with E-state index in [0.717, 1.165) is 11.1 Å². The second-order valence-corrected chi connectivity index (χ2v) is 3.27. The summed E-state index contributed by atoms with van der Waals surface area (Å²) in [6.07, 6.45) is 0. The van der Waals surface area contributed by atoms with Crippen LogP contribution in [0.4, 0.5) is 10.5 Å². The molecule has 4 heteroatoms. The third-order valence-corrected chi connectivity index (χ3v) is 1.92. The first-order chi connectivity index (χ1) is 6.50. The van der Waals surface area contributed by atoms with Gasteiger partial charge in [-0.3, -0.25) is 5.21 Å². The first-order valence-electron chi connectivity index (χ1n) is 4.31. The number of hydrogen-bond donors (Lipinski definition) is 2. The van der Waals surface area contributed by atoms with Gasteiger partial charge in [0.2, 0.25) is 0 Å². The quantitative estimate of drug-likeness (QED) is 0.531. The highest BCUT2D eigenvalue weighted by Gasteiger charge is 2.06. The molecular weight excluding hydrogens is 180 g/mol. The van der Waals surface area contributed by atoms with Gasteiger partial charge in [-0.05, 0) is 25.5 Å². The summed E-state index contributed by atoms with van der Waals surface area (Å²) < 4.78 is 0. The van der Waals surface area contributed by atoms with Crippen LogP contribution in [0, 0.1) is 13.8 Å². The zero-order valence-corrected chi connectivity index (χ0v) is 8.53. The molecule has 1 aromatic rings. The van der Waals surface area contributed by atoms with Crippen molar-refractivity contribution in [2.24, 2.45) is 0 Å². The summed E-state index contributed by atoms with van der Waals surface area (Å²) in [5.74, 6) is 0. The van der Waals surface area contributed by atoms with Gasteiger partial charge in [-0.1, -0.05) is 17.7 Å². The van der Waals surface area contributed by atoms with Crippen LogP contribution < -0.4 is 5.32 Å². The molecule has 14 heavy (non-hydrogen) atoms. The standard InChI is InChI=1S/C10H14N2O2/c1-7-4-5-9(8(2)6-7)11-10(13)12(3)14/h4-6,14H,1-3H3,(H,11,13). The number of hydroxylamine groups is 2. The van der Waals surface area contributed by atoms with Crippen molar-refractivity contribution in [3.05, 3.63) is 29.3 Å². The Morgan fingerprint density at radius 3 is 2.57 bits per heavy atom. The summed E-state index contributed by atoms with van der Waals surface area (Å²) in [5, 5.41) is 11.9. The minimum Gasteiger partial charge on any atom is -0.306 e. The van der Waals surface area contributed by atoms with Crippen LogP contribution in [0.1, 0.15) is 11.1 Å². The van der Waals surface area contributed by atoms with Gasteiger partial charge >= 0.3 is 6.03 Å². The molecule has 0 bridgehead atoms. The molecule has 0 aromatic heterocycles. The van der Waals surface area contributed by atoms with Crippen molar-refractivity contribution in [1.82, 2.24) is 5.06 Å². The summed E-state index contributed by atoms with van der Waals surface area (Å²) >= 11 is 0. The number of aryl methyl sites for hydroxylation is 2. The van der Waals surface area contributed by atoms with Gasteiger partial charge in [0, 0.05) is 12.7 Å². The van der Waals surface area contributed by atoms with Crippen molar-refractivity contribution in [1.29, 1.82) is 0 Å². The Morgan fingerprint density at radius 1 is 1.43 bits per heavy atom. The molecule has 0 fully saturated rings. The van der Waals surface area contributed by atoms with E-state index in [0.29, 0.717) is 10.8 Å². The third-order valence-electron chi connectivity index (χ3n) is 1.92. The number of nitrogens with zero attached hydrogens (tertiary/aromatic N) is 1. The SMILES string of the molecule is Cc1ccc(NC(=O)N(C)O)c(C)c1. The molecule has 0 spiro atoms. The van der Waals surface area contributed by atoms with E-state index in [1.54, 1.807) is 0 Å². The van der Waals surface area contributed by atoms with E-state index in [-0.39, 0.29) is 0 Å². The predicted octanol–water partition coefficient (Wildman–Crippen LogP) is 2.16. The Kier molecular flexibility index (Phi) is 3.09. The van der Waals surface area contributed by atoms with Gasteiger partial charge < -0.3 is 5.32 Å². The van der Waals surface area contributed by atoms with Gasteiger partial charge in [-0.15, -0.1) is 0 Å². The number of nitrogens with one attached hydrogen (secondary N) is 1. The van der Waals surface area contributed by atoms with E-state index in [9.17, 15) is 4.79 Å². The Balaban J connectivity index is 2.82. The van der Waals surface area contributed by atoms with Crippen LogP contribution in [0.3, 0.4) is 0 Å². The number of urea groups is 1. The van der Waals surface area contributed by atoms with Gasteiger partial charge in [0.05, 0.1) is 0 Å². The summed E-state index contributed by atoms with van der Waals surface area (Å²) in [6, 6.07) is 5.14. The van der Waals surface area contributed by atoms with Gasteiger partial charge in [0.1, 0.15) is 0 Å². The Labute approximate surface area is 83.1 Å². The number of amides is 2. The van der Waals surface area contributed by atoms with Gasteiger partial charge in [-0.2, -0.15) is 0 Å². The summed E-state index contributed by atoms with van der Waals surface area (Å²) in [5.41, 5.74) is 2.82. The lowest BCUT2D eigenvalue weighted by Gasteiger charge is -2.12. The van der Waals surface area contributed by atoms with Crippen molar-refractivity contribution >= 4 is 11.7 Å². The first kappa shape index (κ1) is 10.5. The average molecular weight is 194 g/mol. The van der Waals surface area contributed by atoms with E-state index >= 15 is 0 Å². The smallest absolute Gasteiger partial charge is 0.306 e. The van der Waals surface area contributed by atoms with E-state index < -0.39 is 6.03 Å². The van der Waals surface area contributed by atoms with E-state index in [4.69, 9.17) is 5.21 Å². The first-order valence-corrected chi connectivity index (χ1v) is 4.31. The van der Waals surface area contributed by atoms with Gasteiger partial charge in [0.15, 0.2) is 0 Å². The lowest BCUT2D eigenvalue weighted by Crippen LogP contribution is -2.28. The minimum absolute atomic E-state index is 0.513. The normalized spacial score (nSPS) is 9.71. The highest BCUT2D eigenvalue weighted by atomic mass is 16.5. The summed E-state index contributed by atoms with van der Waals surface area (Å²) in [4.78, 5) is 11.1. The number of benzene rings is 1. The van der Waals surface area contributed by atoms with E-state index in [2.05, 4.69) is 5.32 Å². The van der Waals surface area contributed by atoms with Crippen LogP contribution in [0.5, 0.6) is 0 Å². The summed E-state index contributed by atoms with van der Waals surface area (Å²) in [6.45, 7) is 3.89. The molecule has 0 atom stereocenters. The average Bonchev–Trinajstić information content (AvgIpc) is 2.09. The second-order valence-electron chi connectivity index (χ2n) is 3.27. The molecule has 0 saturated carbocycles. The maximum absolute atomic E-state index is 11.1. The van der Waals surface area contributed by atoms with Crippen molar-refractivity contribution in [2.45, 2.75) is 13.8 Å². The maximum atomic E-state index is 11.1. The minimum atomic E-state index is -0.544. The fraction of sp³-hybridized carbons (Fsp3) is 0.300. The van der Waals surface area contributed by atoms with Crippen molar-refractivity contribution in [2.75, 3.05) is 12.4 Å². The van der Waals surface area contributed by atoms with Crippen molar-refractivity contribution in [3.63, 3.8) is 0 Å². The second kappa shape index (κ2) is 4.11. The fourth-order valence-electron chi connectivity index (χ4n) is 1.15. The fourth-order valence-corrected chi connectivity index (χ4v) is 1.15. The molecule has 0 radical (unpaired) electrons. The monoisotopic (exact) mass is 194 g/mol. The predicted molar refractivity (Wildman–Crippen MR) is 54.5 cm³/mol. The number of rotatable bonds is 1. The number of carbonyl (C=O) groups is 1. The van der Waals surface area contributed by atoms with Crippen molar-refractivity contribution < 1.29 is 10.0 Å². The van der Waals surface area contributed by atoms with Crippen LogP contribution in [-0.4, -0.2) is 23.3 Å². The molecule has 0 unspecified atom stereocenters. The Morgan fingerprint density at radius 2 is 2.07 bits per heavy atom. The molecule has 0 saturated heterocycles. The zero-order valence-electron chi connectivity index (χ0n) is 8.53. The molecule has 4 nitrogen and oxygen atoms in total. The van der Waals surface area contributed by atoms with Crippen LogP contribution in [0.15, 0.2) is 18.2 Å². The molecule has 1 aromatic carbocycles. The zero-order chi connectivity index (χ0) is 10.7. The molecule has 76 valence electrons. The molecule has 0 aliphatic heterocycles. The number of hydrogen-bond acceptors (Lipinski definition) is 2. The molecule has 0 heterocycles. The largest absolute Gasteiger partial charge is 0.345 e. The summed E-state index contributed by atoms with van der Waals surface area (Å²) in [7, 11) is 1.28. The van der Waals surface area contributed by atoms with Crippen molar-refractivity contribution in [3.8, 4) is 0 Å².